The van der Waals surface area contributed by atoms with Crippen LogP contribution in [0.3, 0.4) is 0 Å². The fourth-order valence-corrected chi connectivity index (χ4v) is 3.72. The Kier molecular flexibility index (Phi) is 6.44. The van der Waals surface area contributed by atoms with E-state index >= 15 is 0 Å². The predicted molar refractivity (Wildman–Crippen MR) is 99.2 cm³/mol. The van der Waals surface area contributed by atoms with Gasteiger partial charge in [-0.15, -0.1) is 0 Å². The van der Waals surface area contributed by atoms with E-state index in [1.54, 1.807) is 18.4 Å². The van der Waals surface area contributed by atoms with Gasteiger partial charge in [0.25, 0.3) is 0 Å². The van der Waals surface area contributed by atoms with Crippen molar-refractivity contribution in [2.24, 2.45) is 0 Å². The van der Waals surface area contributed by atoms with Crippen LogP contribution < -0.4 is 10.1 Å². The highest BCUT2D eigenvalue weighted by Gasteiger charge is 2.23. The summed E-state index contributed by atoms with van der Waals surface area (Å²) >= 11 is 1.69. The number of ether oxygens (including phenoxy) is 2. The van der Waals surface area contributed by atoms with Gasteiger partial charge in [-0.3, -0.25) is 9.69 Å². The van der Waals surface area contributed by atoms with Gasteiger partial charge in [0.2, 0.25) is 5.91 Å². The molecular formula is C19H24N2O3S. The van der Waals surface area contributed by atoms with Crippen LogP contribution in [0, 0.1) is 0 Å². The molecule has 1 aliphatic heterocycles. The lowest BCUT2D eigenvalue weighted by Gasteiger charge is -2.34. The van der Waals surface area contributed by atoms with Crippen LogP contribution in [0.2, 0.25) is 0 Å². The lowest BCUT2D eigenvalue weighted by molar-refractivity contribution is -0.120. The van der Waals surface area contributed by atoms with Gasteiger partial charge >= 0.3 is 0 Å². The molecule has 1 saturated heterocycles. The number of hydrogen-bond donors (Lipinski definition) is 1. The summed E-state index contributed by atoms with van der Waals surface area (Å²) in [7, 11) is 1.64. The SMILES string of the molecule is COc1ccc(CC(=O)NC[C@@H](c2ccsc2)N2CCOCC2)cc1. The van der Waals surface area contributed by atoms with E-state index < -0.39 is 0 Å². The van der Waals surface area contributed by atoms with E-state index in [9.17, 15) is 4.79 Å². The van der Waals surface area contributed by atoms with Gasteiger partial charge in [0.1, 0.15) is 5.75 Å². The summed E-state index contributed by atoms with van der Waals surface area (Å²) in [5.41, 5.74) is 2.24. The maximum atomic E-state index is 12.3. The molecule has 3 rings (SSSR count). The van der Waals surface area contributed by atoms with Gasteiger partial charge in [0.05, 0.1) is 32.8 Å². The molecular weight excluding hydrogens is 336 g/mol. The summed E-state index contributed by atoms with van der Waals surface area (Å²) in [6.07, 6.45) is 0.378. The zero-order chi connectivity index (χ0) is 17.5. The number of nitrogens with zero attached hydrogens (tertiary/aromatic N) is 1. The van der Waals surface area contributed by atoms with Crippen molar-refractivity contribution in [3.05, 3.63) is 52.2 Å². The van der Waals surface area contributed by atoms with Crippen LogP contribution in [0.15, 0.2) is 41.1 Å². The van der Waals surface area contributed by atoms with Crippen molar-refractivity contribution in [1.82, 2.24) is 10.2 Å². The smallest absolute Gasteiger partial charge is 0.224 e. The van der Waals surface area contributed by atoms with Gasteiger partial charge in [-0.05, 0) is 40.1 Å². The Morgan fingerprint density at radius 2 is 2.04 bits per heavy atom. The Labute approximate surface area is 152 Å². The molecule has 0 radical (unpaired) electrons. The van der Waals surface area contributed by atoms with Crippen molar-refractivity contribution in [1.29, 1.82) is 0 Å². The molecule has 2 aromatic rings. The van der Waals surface area contributed by atoms with E-state index in [1.165, 1.54) is 5.56 Å². The van der Waals surface area contributed by atoms with Crippen molar-refractivity contribution in [3.63, 3.8) is 0 Å². The summed E-state index contributed by atoms with van der Waals surface area (Å²) in [6, 6.07) is 9.96. The van der Waals surface area contributed by atoms with Crippen molar-refractivity contribution in [3.8, 4) is 5.75 Å². The Balaban J connectivity index is 1.57. The molecule has 5 nitrogen and oxygen atoms in total. The van der Waals surface area contributed by atoms with Crippen molar-refractivity contribution >= 4 is 17.2 Å². The molecule has 1 fully saturated rings. The second-order valence-corrected chi connectivity index (χ2v) is 6.83. The molecule has 1 aromatic heterocycles. The number of amides is 1. The minimum Gasteiger partial charge on any atom is -0.497 e. The summed E-state index contributed by atoms with van der Waals surface area (Å²) < 4.78 is 10.6. The van der Waals surface area contributed by atoms with Gasteiger partial charge in [0, 0.05) is 19.6 Å². The number of methoxy groups -OCH3 is 1. The van der Waals surface area contributed by atoms with Crippen LogP contribution in [0.25, 0.3) is 0 Å². The molecule has 1 N–H and O–H groups in total. The molecule has 6 heteroatoms. The number of benzene rings is 1. The van der Waals surface area contributed by atoms with Crippen molar-refractivity contribution < 1.29 is 14.3 Å². The fraction of sp³-hybridized carbons (Fsp3) is 0.421. The summed E-state index contributed by atoms with van der Waals surface area (Å²) in [6.45, 7) is 3.91. The first kappa shape index (κ1) is 17.9. The second kappa shape index (κ2) is 8.99. The first-order chi connectivity index (χ1) is 12.3. The second-order valence-electron chi connectivity index (χ2n) is 6.05. The van der Waals surface area contributed by atoms with Gasteiger partial charge in [-0.2, -0.15) is 11.3 Å². The molecule has 0 bridgehead atoms. The molecule has 0 spiro atoms. The molecule has 0 saturated carbocycles. The van der Waals surface area contributed by atoms with Gasteiger partial charge in [-0.1, -0.05) is 12.1 Å². The monoisotopic (exact) mass is 360 g/mol. The molecule has 0 unspecified atom stereocenters. The van der Waals surface area contributed by atoms with Gasteiger partial charge < -0.3 is 14.8 Å². The maximum Gasteiger partial charge on any atom is 0.224 e. The average Bonchev–Trinajstić information content (AvgIpc) is 3.18. The lowest BCUT2D eigenvalue weighted by Crippen LogP contribution is -2.43. The Hall–Kier alpha value is -1.89. The van der Waals surface area contributed by atoms with Crippen LogP contribution in [-0.4, -0.2) is 50.8 Å². The van der Waals surface area contributed by atoms with E-state index in [0.29, 0.717) is 13.0 Å². The number of nitrogens with one attached hydrogen (secondary N) is 1. The fourth-order valence-electron chi connectivity index (χ4n) is 3.01. The third-order valence-electron chi connectivity index (χ3n) is 4.43. The summed E-state index contributed by atoms with van der Waals surface area (Å²) in [4.78, 5) is 14.7. The van der Waals surface area contributed by atoms with Crippen LogP contribution >= 0.6 is 11.3 Å². The Bertz CT molecular complexity index is 652. The van der Waals surface area contributed by atoms with Crippen LogP contribution in [0.5, 0.6) is 5.75 Å². The number of carbonyl (C=O) groups is 1. The Morgan fingerprint density at radius 1 is 1.28 bits per heavy atom. The highest BCUT2D eigenvalue weighted by atomic mass is 32.1. The number of rotatable bonds is 7. The van der Waals surface area contributed by atoms with Crippen LogP contribution in [-0.2, 0) is 16.0 Å². The molecule has 25 heavy (non-hydrogen) atoms. The molecule has 1 amide bonds. The quantitative estimate of drug-likeness (QED) is 0.824. The number of carbonyl (C=O) groups excluding carboxylic acids is 1. The summed E-state index contributed by atoms with van der Waals surface area (Å²) in [5, 5.41) is 7.35. The zero-order valence-electron chi connectivity index (χ0n) is 14.4. The minimum absolute atomic E-state index is 0.0404. The highest BCUT2D eigenvalue weighted by Crippen LogP contribution is 2.23. The first-order valence-electron chi connectivity index (χ1n) is 8.50. The van der Waals surface area contributed by atoms with Crippen LogP contribution in [0.4, 0.5) is 0 Å². The van der Waals surface area contributed by atoms with Crippen molar-refractivity contribution in [2.75, 3.05) is 40.0 Å². The highest BCUT2D eigenvalue weighted by molar-refractivity contribution is 7.07. The van der Waals surface area contributed by atoms with E-state index in [2.05, 4.69) is 27.0 Å². The topological polar surface area (TPSA) is 50.8 Å². The Morgan fingerprint density at radius 3 is 2.68 bits per heavy atom. The largest absolute Gasteiger partial charge is 0.497 e. The van der Waals surface area contributed by atoms with E-state index in [4.69, 9.17) is 9.47 Å². The minimum atomic E-state index is 0.0404. The maximum absolute atomic E-state index is 12.3. The van der Waals surface area contributed by atoms with Gasteiger partial charge in [0.15, 0.2) is 0 Å². The zero-order valence-corrected chi connectivity index (χ0v) is 15.3. The molecule has 134 valence electrons. The first-order valence-corrected chi connectivity index (χ1v) is 9.44. The number of morpholine rings is 1. The normalized spacial score (nSPS) is 16.4. The lowest BCUT2D eigenvalue weighted by atomic mass is 10.1. The number of hydrogen-bond acceptors (Lipinski definition) is 5. The van der Waals surface area contributed by atoms with E-state index in [0.717, 1.165) is 37.6 Å². The molecule has 2 heterocycles. The van der Waals surface area contributed by atoms with Gasteiger partial charge in [-0.25, -0.2) is 0 Å². The molecule has 1 aliphatic rings. The third kappa shape index (κ3) is 5.04. The van der Waals surface area contributed by atoms with Crippen molar-refractivity contribution in [2.45, 2.75) is 12.5 Å². The average molecular weight is 360 g/mol. The van der Waals surface area contributed by atoms with Crippen LogP contribution in [0.1, 0.15) is 17.2 Å². The standard InChI is InChI=1S/C19H24N2O3S/c1-23-17-4-2-15(3-5-17)12-19(22)20-13-18(16-6-11-25-14-16)21-7-9-24-10-8-21/h2-6,11,14,18H,7-10,12-13H2,1H3,(H,20,22)/t18-/m0/s1. The molecule has 0 aliphatic carbocycles. The summed E-state index contributed by atoms with van der Waals surface area (Å²) in [5.74, 6) is 0.840. The molecule has 1 aromatic carbocycles. The third-order valence-corrected chi connectivity index (χ3v) is 5.13. The predicted octanol–water partition coefficient (Wildman–Crippen LogP) is 2.49. The molecule has 1 atom stereocenters. The van der Waals surface area contributed by atoms with E-state index in [1.807, 2.05) is 24.3 Å². The number of thiophene rings is 1. The van der Waals surface area contributed by atoms with E-state index in [-0.39, 0.29) is 11.9 Å².